The fourth-order valence-electron chi connectivity index (χ4n) is 6.91. The van der Waals surface area contributed by atoms with Gasteiger partial charge in [-0.2, -0.15) is 0 Å². The van der Waals surface area contributed by atoms with Crippen LogP contribution in [0.25, 0.3) is 66.1 Å². The van der Waals surface area contributed by atoms with Gasteiger partial charge in [0.1, 0.15) is 11.2 Å². The van der Waals surface area contributed by atoms with Gasteiger partial charge >= 0.3 is 0 Å². The lowest BCUT2D eigenvalue weighted by Crippen LogP contribution is -2.09. The lowest BCUT2D eigenvalue weighted by atomic mass is 9.95. The number of hydrogen-bond donors (Lipinski definition) is 0. The Morgan fingerprint density at radius 3 is 1.58 bits per heavy atom. The number of furan rings is 1. The van der Waals surface area contributed by atoms with E-state index in [0.717, 1.165) is 50.0 Å². The van der Waals surface area contributed by atoms with Gasteiger partial charge in [-0.15, -0.1) is 0 Å². The van der Waals surface area contributed by atoms with Crippen molar-refractivity contribution in [3.05, 3.63) is 188 Å². The Kier molecular flexibility index (Phi) is 6.84. The summed E-state index contributed by atoms with van der Waals surface area (Å²) in [7, 11) is 0. The predicted octanol–water partition coefficient (Wildman–Crippen LogP) is 13.2. The average molecular weight is 614 g/mol. The molecule has 1 heterocycles. The largest absolute Gasteiger partial charge is 0.455 e. The third-order valence-corrected chi connectivity index (χ3v) is 9.25. The Hall–Kier alpha value is -6.38. The van der Waals surface area contributed by atoms with Gasteiger partial charge in [0.15, 0.2) is 0 Å². The van der Waals surface area contributed by atoms with E-state index in [0.29, 0.717) is 0 Å². The minimum absolute atomic E-state index is 0.909. The number of hydrogen-bond acceptors (Lipinski definition) is 2. The fraction of sp³-hybridized carbons (Fsp3) is 0. The smallest absolute Gasteiger partial charge is 0.143 e. The maximum Gasteiger partial charge on any atom is 0.143 e. The maximum absolute atomic E-state index is 6.47. The third-order valence-electron chi connectivity index (χ3n) is 9.25. The first-order valence-electron chi connectivity index (χ1n) is 16.3. The lowest BCUT2D eigenvalue weighted by molar-refractivity contribution is 0.673. The summed E-state index contributed by atoms with van der Waals surface area (Å²) in [5.41, 5.74) is 12.3. The molecule has 0 aliphatic heterocycles. The van der Waals surface area contributed by atoms with Gasteiger partial charge < -0.3 is 9.32 Å². The second kappa shape index (κ2) is 11.8. The lowest BCUT2D eigenvalue weighted by Gasteiger charge is -2.26. The van der Waals surface area contributed by atoms with E-state index in [-0.39, 0.29) is 0 Å². The van der Waals surface area contributed by atoms with Gasteiger partial charge in [0, 0.05) is 33.2 Å². The van der Waals surface area contributed by atoms with Crippen LogP contribution in [0.1, 0.15) is 0 Å². The summed E-state index contributed by atoms with van der Waals surface area (Å²) < 4.78 is 6.47. The molecule has 0 atom stereocenters. The number of benzene rings is 8. The second-order valence-electron chi connectivity index (χ2n) is 12.2. The Morgan fingerprint density at radius 2 is 0.875 bits per heavy atom. The van der Waals surface area contributed by atoms with Gasteiger partial charge in [-0.3, -0.25) is 0 Å². The van der Waals surface area contributed by atoms with Gasteiger partial charge in [0.05, 0.1) is 0 Å². The summed E-state index contributed by atoms with van der Waals surface area (Å²) >= 11 is 0. The zero-order valence-electron chi connectivity index (χ0n) is 26.3. The molecule has 0 fully saturated rings. The van der Waals surface area contributed by atoms with Crippen LogP contribution in [0.2, 0.25) is 0 Å². The SMILES string of the molecule is c1ccc(-c2cccc(-c3ccc(N(c4ccccc4)c4ccc(-c5cc6ccccc6c6oc7ccccc7c56)cc4)cc3)c2)cc1. The molecule has 0 amide bonds. The predicted molar refractivity (Wildman–Crippen MR) is 202 cm³/mol. The standard InChI is InChI=1S/C46H31NO/c1-3-12-32(13-4-1)35-15-11-16-36(30-35)33-22-26-39(27-23-33)47(38-17-5-2-6-18-38)40-28-24-34(25-29-40)43-31-37-14-7-8-19-41(37)46-45(43)42-20-9-10-21-44(42)48-46/h1-31H. The molecule has 2 nitrogen and oxygen atoms in total. The molecule has 0 aliphatic rings. The Bertz CT molecular complexity index is 2530. The van der Waals surface area contributed by atoms with Crippen LogP contribution in [0.4, 0.5) is 17.1 Å². The van der Waals surface area contributed by atoms with E-state index in [1.165, 1.54) is 33.2 Å². The summed E-state index contributed by atoms with van der Waals surface area (Å²) in [5.74, 6) is 0. The quantitative estimate of drug-likeness (QED) is 0.185. The second-order valence-corrected chi connectivity index (χ2v) is 12.2. The highest BCUT2D eigenvalue weighted by Gasteiger charge is 2.17. The van der Waals surface area contributed by atoms with Gasteiger partial charge in [0.25, 0.3) is 0 Å². The van der Waals surface area contributed by atoms with Crippen LogP contribution in [0.3, 0.4) is 0 Å². The first-order chi connectivity index (χ1) is 23.8. The van der Waals surface area contributed by atoms with E-state index in [9.17, 15) is 0 Å². The molecule has 0 spiro atoms. The topological polar surface area (TPSA) is 16.4 Å². The fourth-order valence-corrected chi connectivity index (χ4v) is 6.91. The van der Waals surface area contributed by atoms with Crippen molar-refractivity contribution >= 4 is 49.8 Å². The molecule has 0 unspecified atom stereocenters. The highest BCUT2D eigenvalue weighted by Crippen LogP contribution is 2.42. The van der Waals surface area contributed by atoms with Crippen molar-refractivity contribution < 1.29 is 4.42 Å². The van der Waals surface area contributed by atoms with Crippen molar-refractivity contribution in [2.24, 2.45) is 0 Å². The zero-order valence-corrected chi connectivity index (χ0v) is 26.3. The van der Waals surface area contributed by atoms with E-state index >= 15 is 0 Å². The van der Waals surface area contributed by atoms with Crippen LogP contribution in [0.5, 0.6) is 0 Å². The Balaban J connectivity index is 1.11. The van der Waals surface area contributed by atoms with Crippen LogP contribution in [0.15, 0.2) is 192 Å². The molecular formula is C46H31NO. The average Bonchev–Trinajstić information content (AvgIpc) is 3.56. The third kappa shape index (κ3) is 4.92. The molecule has 0 bridgehead atoms. The Morgan fingerprint density at radius 1 is 0.354 bits per heavy atom. The minimum Gasteiger partial charge on any atom is -0.455 e. The van der Waals surface area contributed by atoms with E-state index in [1.807, 2.05) is 6.07 Å². The first kappa shape index (κ1) is 27.9. The number of rotatable bonds is 6. The van der Waals surface area contributed by atoms with Crippen molar-refractivity contribution in [1.82, 2.24) is 0 Å². The van der Waals surface area contributed by atoms with Crippen molar-refractivity contribution in [2.45, 2.75) is 0 Å². The van der Waals surface area contributed by atoms with Crippen molar-refractivity contribution in [3.63, 3.8) is 0 Å². The van der Waals surface area contributed by atoms with E-state index in [1.54, 1.807) is 0 Å². The van der Waals surface area contributed by atoms with Crippen molar-refractivity contribution in [2.75, 3.05) is 4.90 Å². The molecule has 9 aromatic rings. The van der Waals surface area contributed by atoms with Crippen LogP contribution >= 0.6 is 0 Å². The molecule has 0 N–H and O–H groups in total. The Labute approximate surface area is 279 Å². The van der Waals surface area contributed by atoms with E-state index in [4.69, 9.17) is 4.42 Å². The molecule has 0 radical (unpaired) electrons. The first-order valence-corrected chi connectivity index (χ1v) is 16.3. The molecule has 8 aromatic carbocycles. The van der Waals surface area contributed by atoms with Gasteiger partial charge in [0.2, 0.25) is 0 Å². The molecule has 0 saturated heterocycles. The summed E-state index contributed by atoms with van der Waals surface area (Å²) in [6.45, 7) is 0. The molecule has 9 rings (SSSR count). The minimum atomic E-state index is 0.909. The zero-order chi connectivity index (χ0) is 31.9. The van der Waals surface area contributed by atoms with Crippen molar-refractivity contribution in [3.8, 4) is 33.4 Å². The van der Waals surface area contributed by atoms with Gasteiger partial charge in [-0.25, -0.2) is 0 Å². The van der Waals surface area contributed by atoms with Crippen LogP contribution in [-0.4, -0.2) is 0 Å². The molecule has 226 valence electrons. The number of fused-ring (bicyclic) bond motifs is 5. The van der Waals surface area contributed by atoms with Gasteiger partial charge in [-0.05, 0) is 93.4 Å². The highest BCUT2D eigenvalue weighted by atomic mass is 16.3. The van der Waals surface area contributed by atoms with Crippen molar-refractivity contribution in [1.29, 1.82) is 0 Å². The summed E-state index contributed by atoms with van der Waals surface area (Å²) in [6.07, 6.45) is 0. The molecule has 48 heavy (non-hydrogen) atoms. The molecular weight excluding hydrogens is 583 g/mol. The summed E-state index contributed by atoms with van der Waals surface area (Å²) in [6, 6.07) is 66.8. The van der Waals surface area contributed by atoms with Crippen LogP contribution in [0, 0.1) is 0 Å². The molecule has 0 saturated carbocycles. The summed E-state index contributed by atoms with van der Waals surface area (Å²) in [4.78, 5) is 2.32. The maximum atomic E-state index is 6.47. The van der Waals surface area contributed by atoms with Crippen LogP contribution in [-0.2, 0) is 0 Å². The normalized spacial score (nSPS) is 11.3. The van der Waals surface area contributed by atoms with E-state index < -0.39 is 0 Å². The number of nitrogens with zero attached hydrogens (tertiary/aromatic N) is 1. The number of para-hydroxylation sites is 2. The molecule has 2 heteroatoms. The monoisotopic (exact) mass is 613 g/mol. The molecule has 0 aliphatic carbocycles. The number of anilines is 3. The van der Waals surface area contributed by atoms with Gasteiger partial charge in [-0.1, -0.05) is 133 Å². The van der Waals surface area contributed by atoms with Crippen LogP contribution < -0.4 is 4.90 Å². The highest BCUT2D eigenvalue weighted by molar-refractivity contribution is 6.21. The summed E-state index contributed by atoms with van der Waals surface area (Å²) in [5, 5.41) is 4.60. The molecule has 1 aromatic heterocycles. The van der Waals surface area contributed by atoms with E-state index in [2.05, 4.69) is 187 Å².